The lowest BCUT2D eigenvalue weighted by atomic mass is 10.0. The van der Waals surface area contributed by atoms with Crippen LogP contribution in [0.4, 0.5) is 11.8 Å². The first-order chi connectivity index (χ1) is 9.83. The fraction of sp³-hybridized carbons (Fsp3) is 0.750. The number of rotatable bonds is 2. The Balaban J connectivity index is 1.74. The summed E-state index contributed by atoms with van der Waals surface area (Å²) in [5, 5.41) is 0. The van der Waals surface area contributed by atoms with Crippen molar-refractivity contribution in [3.8, 4) is 0 Å². The third kappa shape index (κ3) is 3.22. The summed E-state index contributed by atoms with van der Waals surface area (Å²) in [6.45, 7) is 6.82. The van der Waals surface area contributed by atoms with Crippen LogP contribution in [0.1, 0.15) is 45.4 Å². The van der Waals surface area contributed by atoms with E-state index in [4.69, 9.17) is 4.98 Å². The molecule has 3 heterocycles. The predicted octanol–water partition coefficient (Wildman–Crippen LogP) is 3.09. The number of piperidine rings is 1. The maximum Gasteiger partial charge on any atom is 0.227 e. The maximum atomic E-state index is 4.84. The van der Waals surface area contributed by atoms with Crippen LogP contribution in [-0.2, 0) is 0 Å². The normalized spacial score (nSPS) is 24.6. The number of hydrogen-bond donors (Lipinski definition) is 0. The van der Waals surface area contributed by atoms with E-state index in [1.54, 1.807) is 0 Å². The van der Waals surface area contributed by atoms with Gasteiger partial charge >= 0.3 is 0 Å². The summed E-state index contributed by atoms with van der Waals surface area (Å²) < 4.78 is 0. The molecule has 1 aromatic heterocycles. The van der Waals surface area contributed by atoms with Crippen molar-refractivity contribution >= 4 is 11.8 Å². The van der Waals surface area contributed by atoms with Crippen LogP contribution in [0, 0.1) is 5.92 Å². The summed E-state index contributed by atoms with van der Waals surface area (Å²) in [6, 6.07) is 2.07. The van der Waals surface area contributed by atoms with Crippen LogP contribution in [0.25, 0.3) is 0 Å². The monoisotopic (exact) mass is 274 g/mol. The van der Waals surface area contributed by atoms with Gasteiger partial charge in [-0.05, 0) is 37.7 Å². The van der Waals surface area contributed by atoms with E-state index in [2.05, 4.69) is 27.8 Å². The Labute approximate surface area is 122 Å². The van der Waals surface area contributed by atoms with Gasteiger partial charge in [-0.25, -0.2) is 4.98 Å². The van der Waals surface area contributed by atoms with E-state index in [-0.39, 0.29) is 0 Å². The summed E-state index contributed by atoms with van der Waals surface area (Å²) in [6.07, 6.45) is 9.83. The number of hydrogen-bond acceptors (Lipinski definition) is 4. The Kier molecular flexibility index (Phi) is 4.38. The second kappa shape index (κ2) is 6.42. The molecule has 4 heteroatoms. The van der Waals surface area contributed by atoms with Crippen molar-refractivity contribution in [2.45, 2.75) is 45.4 Å². The summed E-state index contributed by atoms with van der Waals surface area (Å²) in [4.78, 5) is 14.1. The lowest BCUT2D eigenvalue weighted by Crippen LogP contribution is -2.36. The Morgan fingerprint density at radius 2 is 1.75 bits per heavy atom. The number of anilines is 2. The van der Waals surface area contributed by atoms with Gasteiger partial charge in [0.15, 0.2) is 0 Å². The molecule has 110 valence electrons. The van der Waals surface area contributed by atoms with Gasteiger partial charge in [0, 0.05) is 32.4 Å². The fourth-order valence-corrected chi connectivity index (χ4v) is 3.34. The Hall–Kier alpha value is -1.32. The molecule has 0 aliphatic carbocycles. The van der Waals surface area contributed by atoms with Crippen LogP contribution >= 0.6 is 0 Å². The lowest BCUT2D eigenvalue weighted by molar-refractivity contribution is 0.442. The molecule has 0 saturated carbocycles. The average Bonchev–Trinajstić information content (AvgIpc) is 2.76. The minimum absolute atomic E-state index is 0.759. The average molecular weight is 274 g/mol. The quantitative estimate of drug-likeness (QED) is 0.829. The standard InChI is InChI=1S/C16H26N4/c1-14-7-6-12-20(13-14)16-17-9-8-15(18-16)19-10-4-2-3-5-11-19/h8-9,14H,2-7,10-13H2,1H3. The molecule has 1 atom stereocenters. The van der Waals surface area contributed by atoms with Crippen LogP contribution in [0.3, 0.4) is 0 Å². The zero-order chi connectivity index (χ0) is 13.8. The third-order valence-electron chi connectivity index (χ3n) is 4.50. The van der Waals surface area contributed by atoms with Gasteiger partial charge in [0.1, 0.15) is 5.82 Å². The lowest BCUT2D eigenvalue weighted by Gasteiger charge is -2.31. The van der Waals surface area contributed by atoms with Crippen molar-refractivity contribution in [2.24, 2.45) is 5.92 Å². The highest BCUT2D eigenvalue weighted by Gasteiger charge is 2.19. The minimum atomic E-state index is 0.759. The SMILES string of the molecule is CC1CCCN(c2nccc(N3CCCCCC3)n2)C1. The Morgan fingerprint density at radius 1 is 1.00 bits per heavy atom. The number of nitrogens with zero attached hydrogens (tertiary/aromatic N) is 4. The molecule has 1 unspecified atom stereocenters. The van der Waals surface area contributed by atoms with Crippen molar-refractivity contribution in [3.63, 3.8) is 0 Å². The largest absolute Gasteiger partial charge is 0.356 e. The second-order valence-electron chi connectivity index (χ2n) is 6.31. The summed E-state index contributed by atoms with van der Waals surface area (Å²) in [7, 11) is 0. The van der Waals surface area contributed by atoms with Gasteiger partial charge in [-0.3, -0.25) is 0 Å². The van der Waals surface area contributed by atoms with Crippen molar-refractivity contribution in [1.29, 1.82) is 0 Å². The molecule has 2 aliphatic heterocycles. The molecule has 0 spiro atoms. The van der Waals surface area contributed by atoms with Crippen molar-refractivity contribution in [2.75, 3.05) is 36.0 Å². The molecule has 20 heavy (non-hydrogen) atoms. The Bertz CT molecular complexity index is 409. The van der Waals surface area contributed by atoms with Gasteiger partial charge in [0.2, 0.25) is 5.95 Å². The van der Waals surface area contributed by atoms with Gasteiger partial charge in [0.05, 0.1) is 0 Å². The van der Waals surface area contributed by atoms with Crippen LogP contribution in [0.5, 0.6) is 0 Å². The third-order valence-corrected chi connectivity index (χ3v) is 4.50. The van der Waals surface area contributed by atoms with Crippen LogP contribution in [-0.4, -0.2) is 36.1 Å². The van der Waals surface area contributed by atoms with E-state index in [1.807, 2.05) is 6.20 Å². The zero-order valence-corrected chi connectivity index (χ0v) is 12.6. The van der Waals surface area contributed by atoms with E-state index < -0.39 is 0 Å². The topological polar surface area (TPSA) is 32.3 Å². The first kappa shape index (κ1) is 13.7. The van der Waals surface area contributed by atoms with Gasteiger partial charge in [-0.15, -0.1) is 0 Å². The Morgan fingerprint density at radius 3 is 2.50 bits per heavy atom. The van der Waals surface area contributed by atoms with Gasteiger partial charge in [0.25, 0.3) is 0 Å². The highest BCUT2D eigenvalue weighted by Crippen LogP contribution is 2.23. The van der Waals surface area contributed by atoms with E-state index in [0.717, 1.165) is 43.9 Å². The molecule has 0 amide bonds. The van der Waals surface area contributed by atoms with E-state index in [9.17, 15) is 0 Å². The molecule has 2 saturated heterocycles. The highest BCUT2D eigenvalue weighted by molar-refractivity contribution is 5.44. The molecule has 2 aliphatic rings. The zero-order valence-electron chi connectivity index (χ0n) is 12.6. The van der Waals surface area contributed by atoms with Crippen molar-refractivity contribution in [3.05, 3.63) is 12.3 Å². The van der Waals surface area contributed by atoms with Crippen LogP contribution < -0.4 is 9.80 Å². The molecular weight excluding hydrogens is 248 g/mol. The fourth-order valence-electron chi connectivity index (χ4n) is 3.34. The molecule has 4 nitrogen and oxygen atoms in total. The highest BCUT2D eigenvalue weighted by atomic mass is 15.3. The summed E-state index contributed by atoms with van der Waals surface area (Å²) >= 11 is 0. The first-order valence-corrected chi connectivity index (χ1v) is 8.16. The molecule has 0 N–H and O–H groups in total. The number of aromatic nitrogens is 2. The van der Waals surface area contributed by atoms with E-state index in [0.29, 0.717) is 0 Å². The summed E-state index contributed by atoms with van der Waals surface area (Å²) in [5.74, 6) is 2.81. The summed E-state index contributed by atoms with van der Waals surface area (Å²) in [5.41, 5.74) is 0. The minimum Gasteiger partial charge on any atom is -0.356 e. The first-order valence-electron chi connectivity index (χ1n) is 8.16. The molecule has 2 fully saturated rings. The molecule has 0 radical (unpaired) electrons. The molecule has 1 aromatic rings. The van der Waals surface area contributed by atoms with Gasteiger partial charge < -0.3 is 9.80 Å². The van der Waals surface area contributed by atoms with E-state index in [1.165, 1.54) is 38.5 Å². The maximum absolute atomic E-state index is 4.84. The molecule has 0 aromatic carbocycles. The van der Waals surface area contributed by atoms with Gasteiger partial charge in [-0.2, -0.15) is 4.98 Å². The van der Waals surface area contributed by atoms with Gasteiger partial charge in [-0.1, -0.05) is 19.8 Å². The van der Waals surface area contributed by atoms with Crippen molar-refractivity contribution in [1.82, 2.24) is 9.97 Å². The molecular formula is C16H26N4. The molecule has 3 rings (SSSR count). The van der Waals surface area contributed by atoms with Crippen LogP contribution in [0.15, 0.2) is 12.3 Å². The van der Waals surface area contributed by atoms with Crippen LogP contribution in [0.2, 0.25) is 0 Å². The second-order valence-corrected chi connectivity index (χ2v) is 6.31. The van der Waals surface area contributed by atoms with Crippen molar-refractivity contribution < 1.29 is 0 Å². The van der Waals surface area contributed by atoms with E-state index >= 15 is 0 Å². The predicted molar refractivity (Wildman–Crippen MR) is 83.3 cm³/mol. The molecule has 0 bridgehead atoms. The smallest absolute Gasteiger partial charge is 0.227 e.